The van der Waals surface area contributed by atoms with Crippen molar-refractivity contribution in [3.63, 3.8) is 0 Å². The molecule has 1 aliphatic carbocycles. The number of hydrogen-bond donors (Lipinski definition) is 1. The van der Waals surface area contributed by atoms with Crippen molar-refractivity contribution >= 4 is 35.2 Å². The predicted octanol–water partition coefficient (Wildman–Crippen LogP) is 6.53. The number of benzene rings is 2. The van der Waals surface area contributed by atoms with Crippen LogP contribution in [0.3, 0.4) is 0 Å². The van der Waals surface area contributed by atoms with Crippen molar-refractivity contribution in [2.45, 2.75) is 67.4 Å². The molecule has 6 nitrogen and oxygen atoms in total. The second-order valence-electron chi connectivity index (χ2n) is 11.1. The number of amides is 2. The van der Waals surface area contributed by atoms with Gasteiger partial charge >= 0.3 is 6.18 Å². The van der Waals surface area contributed by atoms with Crippen molar-refractivity contribution in [3.8, 4) is 5.75 Å². The Bertz CT molecular complexity index is 1260. The van der Waals surface area contributed by atoms with E-state index in [-0.39, 0.29) is 36.8 Å². The maximum atomic E-state index is 14.2. The van der Waals surface area contributed by atoms with Gasteiger partial charge in [0.2, 0.25) is 0 Å². The minimum absolute atomic E-state index is 0.0291. The van der Waals surface area contributed by atoms with Gasteiger partial charge in [0, 0.05) is 42.9 Å². The van der Waals surface area contributed by atoms with Crippen molar-refractivity contribution < 1.29 is 32.6 Å². The highest BCUT2D eigenvalue weighted by Gasteiger charge is 2.62. The van der Waals surface area contributed by atoms with Crippen molar-refractivity contribution in [2.24, 2.45) is 5.41 Å². The number of thioether (sulfide) groups is 1. The van der Waals surface area contributed by atoms with Crippen LogP contribution in [0.15, 0.2) is 47.4 Å². The molecule has 2 aromatic carbocycles. The van der Waals surface area contributed by atoms with Crippen LogP contribution in [0.1, 0.15) is 61.4 Å². The lowest BCUT2D eigenvalue weighted by Crippen LogP contribution is -2.58. The van der Waals surface area contributed by atoms with Crippen molar-refractivity contribution in [1.82, 2.24) is 9.80 Å². The number of rotatable bonds is 7. The molecule has 1 aliphatic heterocycles. The van der Waals surface area contributed by atoms with Gasteiger partial charge in [0.15, 0.2) is 0 Å². The first-order chi connectivity index (χ1) is 19.3. The SMILES string of the molecule is CCOc1cccc(C(O)(C(=O)N2CCC3(CCC(Sc4ccc(C(=O)N(C)C)c(Cl)c4)CC3)CC2)C(F)(F)F)c1. The number of aliphatic hydroxyl groups is 1. The Morgan fingerprint density at radius 2 is 1.76 bits per heavy atom. The van der Waals surface area contributed by atoms with Gasteiger partial charge in [0.1, 0.15) is 5.75 Å². The van der Waals surface area contributed by atoms with Crippen molar-refractivity contribution in [1.29, 1.82) is 0 Å². The molecule has 2 fully saturated rings. The highest BCUT2D eigenvalue weighted by atomic mass is 35.5. The number of ether oxygens (including phenoxy) is 1. The van der Waals surface area contributed by atoms with Crippen LogP contribution in [0, 0.1) is 5.41 Å². The Labute approximate surface area is 248 Å². The molecule has 1 spiro atoms. The molecular weight excluding hydrogens is 577 g/mol. The average molecular weight is 613 g/mol. The molecular formula is C30H36ClF3N2O4S. The van der Waals surface area contributed by atoms with Crippen LogP contribution in [0.5, 0.6) is 5.75 Å². The lowest BCUT2D eigenvalue weighted by atomic mass is 9.68. The molecule has 1 atom stereocenters. The summed E-state index contributed by atoms with van der Waals surface area (Å²) in [5.41, 5.74) is -3.76. The highest BCUT2D eigenvalue weighted by molar-refractivity contribution is 8.00. The summed E-state index contributed by atoms with van der Waals surface area (Å²) >= 11 is 8.10. The van der Waals surface area contributed by atoms with E-state index in [0.29, 0.717) is 28.7 Å². The van der Waals surface area contributed by atoms with Gasteiger partial charge < -0.3 is 19.6 Å². The fourth-order valence-electron chi connectivity index (χ4n) is 5.80. The topological polar surface area (TPSA) is 70.1 Å². The molecule has 224 valence electrons. The summed E-state index contributed by atoms with van der Waals surface area (Å²) in [6, 6.07) is 10.5. The first-order valence-corrected chi connectivity index (χ1v) is 15.0. The Hall–Kier alpha value is -2.43. The zero-order chi connectivity index (χ0) is 30.0. The molecule has 1 heterocycles. The van der Waals surface area contributed by atoms with E-state index in [1.807, 2.05) is 12.1 Å². The molecule has 0 aromatic heterocycles. The Morgan fingerprint density at radius 3 is 2.32 bits per heavy atom. The zero-order valence-electron chi connectivity index (χ0n) is 23.5. The van der Waals surface area contributed by atoms with E-state index in [9.17, 15) is 27.9 Å². The number of halogens is 4. The number of carbonyl (C=O) groups is 2. The number of likely N-dealkylation sites (tertiary alicyclic amines) is 1. The summed E-state index contributed by atoms with van der Waals surface area (Å²) in [7, 11) is 3.36. The van der Waals surface area contributed by atoms with E-state index in [4.69, 9.17) is 16.3 Å². The Balaban J connectivity index is 1.37. The van der Waals surface area contributed by atoms with E-state index < -0.39 is 23.2 Å². The fourth-order valence-corrected chi connectivity index (χ4v) is 7.31. The predicted molar refractivity (Wildman–Crippen MR) is 153 cm³/mol. The fraction of sp³-hybridized carbons (Fsp3) is 0.533. The summed E-state index contributed by atoms with van der Waals surface area (Å²) in [5.74, 6) is -1.33. The van der Waals surface area contributed by atoms with Gasteiger partial charge in [0.05, 0.1) is 17.2 Å². The number of hydrogen-bond acceptors (Lipinski definition) is 5. The van der Waals surface area contributed by atoms with Crippen LogP contribution >= 0.6 is 23.4 Å². The van der Waals surface area contributed by atoms with E-state index in [0.717, 1.165) is 47.6 Å². The van der Waals surface area contributed by atoms with Gasteiger partial charge in [-0.25, -0.2) is 0 Å². The molecule has 0 bridgehead atoms. The standard InChI is InChI=1S/C30H36ClF3N2O4S/c1-4-40-21-7-5-6-20(18-21)29(39,30(32,33)34)27(38)36-16-14-28(15-17-36)12-10-22(11-13-28)41-23-8-9-24(25(31)19-23)26(37)35(2)3/h5-9,18-19,22,39H,4,10-17H2,1-3H3. The van der Waals surface area contributed by atoms with Crippen LogP contribution in [0.25, 0.3) is 0 Å². The van der Waals surface area contributed by atoms with Crippen LogP contribution in [-0.2, 0) is 10.4 Å². The normalized spacial score (nSPS) is 19.1. The van der Waals surface area contributed by atoms with Gasteiger partial charge in [-0.2, -0.15) is 13.2 Å². The number of piperidine rings is 1. The Kier molecular flexibility index (Phi) is 9.55. The maximum absolute atomic E-state index is 14.2. The first-order valence-electron chi connectivity index (χ1n) is 13.8. The van der Waals surface area contributed by atoms with Crippen LogP contribution in [0.4, 0.5) is 13.2 Å². The summed E-state index contributed by atoms with van der Waals surface area (Å²) in [6.07, 6.45) is -0.307. The summed E-state index contributed by atoms with van der Waals surface area (Å²) < 4.78 is 48.0. The largest absolute Gasteiger partial charge is 0.494 e. The average Bonchev–Trinajstić information content (AvgIpc) is 2.93. The second-order valence-corrected chi connectivity index (χ2v) is 12.9. The van der Waals surface area contributed by atoms with Gasteiger partial charge in [-0.15, -0.1) is 11.8 Å². The van der Waals surface area contributed by atoms with Crippen molar-refractivity contribution in [3.05, 3.63) is 58.6 Å². The van der Waals surface area contributed by atoms with Gasteiger partial charge in [-0.3, -0.25) is 9.59 Å². The quantitative estimate of drug-likeness (QED) is 0.385. The minimum Gasteiger partial charge on any atom is -0.494 e. The number of carbonyl (C=O) groups excluding carboxylic acids is 2. The first kappa shape index (κ1) is 31.5. The zero-order valence-corrected chi connectivity index (χ0v) is 25.0. The minimum atomic E-state index is -5.19. The molecule has 1 saturated heterocycles. The van der Waals surface area contributed by atoms with Crippen LogP contribution < -0.4 is 4.74 Å². The number of nitrogens with zero attached hydrogens (tertiary/aromatic N) is 2. The third kappa shape index (κ3) is 6.65. The molecule has 2 aromatic rings. The lowest BCUT2D eigenvalue weighted by Gasteiger charge is -2.47. The smallest absolute Gasteiger partial charge is 0.430 e. The summed E-state index contributed by atoms with van der Waals surface area (Å²) in [5, 5.41) is 11.7. The van der Waals surface area contributed by atoms with Crippen molar-refractivity contribution in [2.75, 3.05) is 33.8 Å². The molecule has 0 radical (unpaired) electrons. The third-order valence-electron chi connectivity index (χ3n) is 8.27. The second kappa shape index (κ2) is 12.4. The van der Waals surface area contributed by atoms with E-state index in [1.54, 1.807) is 38.8 Å². The maximum Gasteiger partial charge on any atom is 0.430 e. The number of alkyl halides is 3. The summed E-state index contributed by atoms with van der Waals surface area (Å²) in [4.78, 5) is 29.2. The summed E-state index contributed by atoms with van der Waals surface area (Å²) in [6.45, 7) is 2.27. The van der Waals surface area contributed by atoms with E-state index in [2.05, 4.69) is 0 Å². The molecule has 1 unspecified atom stereocenters. The molecule has 2 amide bonds. The van der Waals surface area contributed by atoms with Crippen LogP contribution in [0.2, 0.25) is 5.02 Å². The van der Waals surface area contributed by atoms with Gasteiger partial charge in [-0.1, -0.05) is 23.7 Å². The molecule has 41 heavy (non-hydrogen) atoms. The molecule has 11 heteroatoms. The monoisotopic (exact) mass is 612 g/mol. The molecule has 2 aliphatic rings. The third-order valence-corrected chi connectivity index (χ3v) is 9.91. The Morgan fingerprint density at radius 1 is 1.10 bits per heavy atom. The van der Waals surface area contributed by atoms with E-state index >= 15 is 0 Å². The lowest BCUT2D eigenvalue weighted by molar-refractivity contribution is -0.262. The van der Waals surface area contributed by atoms with Gasteiger partial charge in [-0.05, 0) is 81.2 Å². The molecule has 1 N–H and O–H groups in total. The molecule has 1 saturated carbocycles. The highest BCUT2D eigenvalue weighted by Crippen LogP contribution is 2.49. The van der Waals surface area contributed by atoms with Crippen LogP contribution in [-0.4, -0.2) is 71.9 Å². The molecule has 4 rings (SSSR count). The van der Waals surface area contributed by atoms with Gasteiger partial charge in [0.25, 0.3) is 17.4 Å². The van der Waals surface area contributed by atoms with E-state index in [1.165, 1.54) is 17.0 Å².